The number of hydrogen-bond acceptors (Lipinski definition) is 4. The molecule has 1 N–H and O–H groups in total. The van der Waals surface area contributed by atoms with Crippen LogP contribution in [-0.2, 0) is 6.18 Å². The molecule has 1 amide bonds. The van der Waals surface area contributed by atoms with Crippen LogP contribution in [0.25, 0.3) is 0 Å². The summed E-state index contributed by atoms with van der Waals surface area (Å²) in [5, 5.41) is 2.38. The summed E-state index contributed by atoms with van der Waals surface area (Å²) < 4.78 is 42.7. The number of carbonyl (C=O) groups is 1. The summed E-state index contributed by atoms with van der Waals surface area (Å²) in [6, 6.07) is 6.95. The molecular formula is C15H14F3N3O2. The quantitative estimate of drug-likeness (QED) is 0.938. The fourth-order valence-corrected chi connectivity index (χ4v) is 2.53. The van der Waals surface area contributed by atoms with Crippen LogP contribution in [0.4, 0.5) is 24.5 Å². The third-order valence-electron chi connectivity index (χ3n) is 3.64. The largest absolute Gasteiger partial charge is 0.438 e. The van der Waals surface area contributed by atoms with Crippen molar-refractivity contribution in [2.24, 2.45) is 0 Å². The molecule has 0 spiro atoms. The molecule has 0 bridgehead atoms. The van der Waals surface area contributed by atoms with Crippen LogP contribution in [0.1, 0.15) is 29.1 Å². The maximum absolute atomic E-state index is 12.7. The molecule has 3 rings (SSSR count). The van der Waals surface area contributed by atoms with Crippen LogP contribution in [0.15, 0.2) is 35.1 Å². The van der Waals surface area contributed by atoms with E-state index in [1.165, 1.54) is 0 Å². The highest BCUT2D eigenvalue weighted by molar-refractivity contribution is 6.03. The van der Waals surface area contributed by atoms with Gasteiger partial charge < -0.3 is 14.6 Å². The number of halogens is 3. The van der Waals surface area contributed by atoms with Gasteiger partial charge in [-0.1, -0.05) is 0 Å². The van der Waals surface area contributed by atoms with Gasteiger partial charge in [0.2, 0.25) is 5.76 Å². The van der Waals surface area contributed by atoms with E-state index in [4.69, 9.17) is 0 Å². The Bertz CT molecular complexity index is 689. The molecule has 0 atom stereocenters. The minimum atomic E-state index is -4.74. The Hall–Kier alpha value is -2.51. The number of anilines is 2. The zero-order chi connectivity index (χ0) is 16.4. The Morgan fingerprint density at radius 2 is 1.83 bits per heavy atom. The summed E-state index contributed by atoms with van der Waals surface area (Å²) in [7, 11) is 0. The first-order valence-corrected chi connectivity index (χ1v) is 7.12. The van der Waals surface area contributed by atoms with Gasteiger partial charge in [-0.3, -0.25) is 4.79 Å². The number of benzene rings is 1. The fraction of sp³-hybridized carbons (Fsp3) is 0.333. The summed E-state index contributed by atoms with van der Waals surface area (Å²) in [5.41, 5.74) is 0.0855. The maximum Gasteiger partial charge on any atom is 0.437 e. The molecule has 1 aliphatic heterocycles. The van der Waals surface area contributed by atoms with E-state index in [-0.39, 0.29) is 0 Å². The van der Waals surface area contributed by atoms with E-state index in [1.54, 1.807) is 12.1 Å². The van der Waals surface area contributed by atoms with E-state index in [0.717, 1.165) is 31.6 Å². The lowest BCUT2D eigenvalue weighted by atomic mass is 10.2. The lowest BCUT2D eigenvalue weighted by Gasteiger charge is -2.17. The van der Waals surface area contributed by atoms with E-state index in [0.29, 0.717) is 12.1 Å². The molecule has 2 heterocycles. The number of nitrogens with zero attached hydrogens (tertiary/aromatic N) is 2. The highest BCUT2D eigenvalue weighted by atomic mass is 19.4. The average Bonchev–Trinajstić information content (AvgIpc) is 3.19. The molecule has 1 saturated heterocycles. The summed E-state index contributed by atoms with van der Waals surface area (Å²) in [6.07, 6.45) is -1.85. The Morgan fingerprint density at radius 3 is 2.43 bits per heavy atom. The topological polar surface area (TPSA) is 58.4 Å². The molecule has 1 aromatic heterocycles. The summed E-state index contributed by atoms with van der Waals surface area (Å²) in [5.74, 6) is -1.83. The van der Waals surface area contributed by atoms with Crippen LogP contribution < -0.4 is 10.2 Å². The van der Waals surface area contributed by atoms with Crippen molar-refractivity contribution < 1.29 is 22.4 Å². The second-order valence-electron chi connectivity index (χ2n) is 5.22. The van der Waals surface area contributed by atoms with Crippen molar-refractivity contribution in [3.63, 3.8) is 0 Å². The molecular weight excluding hydrogens is 311 g/mol. The van der Waals surface area contributed by atoms with Crippen LogP contribution in [0.2, 0.25) is 0 Å². The van der Waals surface area contributed by atoms with E-state index in [9.17, 15) is 18.0 Å². The van der Waals surface area contributed by atoms with Crippen molar-refractivity contribution in [1.82, 2.24) is 4.98 Å². The molecule has 1 aliphatic rings. The van der Waals surface area contributed by atoms with Crippen LogP contribution in [0.3, 0.4) is 0 Å². The Balaban J connectivity index is 1.72. The number of nitrogens with one attached hydrogen (secondary N) is 1. The van der Waals surface area contributed by atoms with Gasteiger partial charge in [0.05, 0.1) is 0 Å². The number of oxazole rings is 1. The summed E-state index contributed by atoms with van der Waals surface area (Å²) in [4.78, 5) is 17.2. The fourth-order valence-electron chi connectivity index (χ4n) is 2.53. The van der Waals surface area contributed by atoms with E-state index >= 15 is 0 Å². The van der Waals surface area contributed by atoms with Gasteiger partial charge in [-0.15, -0.1) is 0 Å². The molecule has 23 heavy (non-hydrogen) atoms. The van der Waals surface area contributed by atoms with Gasteiger partial charge in [0.1, 0.15) is 0 Å². The standard InChI is InChI=1S/C15H14F3N3O2/c16-15(17,18)13-12(23-9-19-13)14(22)20-10-3-5-11(6-4-10)21-7-1-2-8-21/h3-6,9H,1-2,7-8H2,(H,20,22). The Labute approximate surface area is 130 Å². The lowest BCUT2D eigenvalue weighted by Crippen LogP contribution is -2.18. The number of aromatic nitrogens is 1. The molecule has 0 aliphatic carbocycles. The van der Waals surface area contributed by atoms with Crippen LogP contribution in [-0.4, -0.2) is 24.0 Å². The monoisotopic (exact) mass is 325 g/mol. The van der Waals surface area contributed by atoms with Crippen LogP contribution in [0.5, 0.6) is 0 Å². The van der Waals surface area contributed by atoms with Crippen molar-refractivity contribution >= 4 is 17.3 Å². The van der Waals surface area contributed by atoms with Crippen molar-refractivity contribution in [1.29, 1.82) is 0 Å². The molecule has 5 nitrogen and oxygen atoms in total. The minimum absolute atomic E-state index is 0.391. The van der Waals surface area contributed by atoms with E-state index < -0.39 is 23.5 Å². The van der Waals surface area contributed by atoms with Crippen LogP contribution in [0, 0.1) is 0 Å². The number of carbonyl (C=O) groups excluding carboxylic acids is 1. The molecule has 0 saturated carbocycles. The van der Waals surface area contributed by atoms with E-state index in [1.807, 2.05) is 12.1 Å². The van der Waals surface area contributed by atoms with Crippen molar-refractivity contribution in [3.05, 3.63) is 42.1 Å². The number of alkyl halides is 3. The number of amides is 1. The molecule has 2 aromatic rings. The first-order chi connectivity index (χ1) is 10.9. The van der Waals surface area contributed by atoms with Crippen molar-refractivity contribution in [2.45, 2.75) is 19.0 Å². The molecule has 1 aromatic carbocycles. The van der Waals surface area contributed by atoms with Gasteiger partial charge >= 0.3 is 6.18 Å². The SMILES string of the molecule is O=C(Nc1ccc(N2CCCC2)cc1)c1ocnc1C(F)(F)F. The lowest BCUT2D eigenvalue weighted by molar-refractivity contribution is -0.141. The third kappa shape index (κ3) is 3.30. The highest BCUT2D eigenvalue weighted by Crippen LogP contribution is 2.31. The van der Waals surface area contributed by atoms with Gasteiger partial charge in [0.15, 0.2) is 12.1 Å². The minimum Gasteiger partial charge on any atom is -0.438 e. The summed E-state index contributed by atoms with van der Waals surface area (Å²) >= 11 is 0. The maximum atomic E-state index is 12.7. The van der Waals surface area contributed by atoms with Gasteiger partial charge in [-0.2, -0.15) is 13.2 Å². The zero-order valence-corrected chi connectivity index (χ0v) is 12.1. The molecule has 0 radical (unpaired) electrons. The first-order valence-electron chi connectivity index (χ1n) is 7.12. The second-order valence-corrected chi connectivity index (χ2v) is 5.22. The predicted octanol–water partition coefficient (Wildman–Crippen LogP) is 3.55. The average molecular weight is 325 g/mol. The van der Waals surface area contributed by atoms with Crippen molar-refractivity contribution in [2.75, 3.05) is 23.3 Å². The molecule has 1 fully saturated rings. The third-order valence-corrected chi connectivity index (χ3v) is 3.64. The Morgan fingerprint density at radius 1 is 1.17 bits per heavy atom. The predicted molar refractivity (Wildman–Crippen MR) is 77.3 cm³/mol. The van der Waals surface area contributed by atoms with Gasteiger partial charge in [0, 0.05) is 24.5 Å². The zero-order valence-electron chi connectivity index (χ0n) is 12.1. The van der Waals surface area contributed by atoms with Gasteiger partial charge in [-0.25, -0.2) is 4.98 Å². The second kappa shape index (κ2) is 5.94. The number of rotatable bonds is 3. The van der Waals surface area contributed by atoms with E-state index in [2.05, 4.69) is 19.6 Å². The van der Waals surface area contributed by atoms with Gasteiger partial charge in [0.25, 0.3) is 5.91 Å². The highest BCUT2D eigenvalue weighted by Gasteiger charge is 2.39. The molecule has 122 valence electrons. The smallest absolute Gasteiger partial charge is 0.437 e. The summed E-state index contributed by atoms with van der Waals surface area (Å²) in [6.45, 7) is 1.97. The normalized spacial score (nSPS) is 15.0. The van der Waals surface area contributed by atoms with Crippen molar-refractivity contribution in [3.8, 4) is 0 Å². The van der Waals surface area contributed by atoms with Gasteiger partial charge in [-0.05, 0) is 37.1 Å². The Kier molecular flexibility index (Phi) is 3.97. The molecule has 0 unspecified atom stereocenters. The first kappa shape index (κ1) is 15.4. The molecule has 8 heteroatoms. The number of hydrogen-bond donors (Lipinski definition) is 1. The van der Waals surface area contributed by atoms with Crippen LogP contribution >= 0.6 is 0 Å².